The molecule has 13 heavy (non-hydrogen) atoms. The van der Waals surface area contributed by atoms with Gasteiger partial charge in [0.15, 0.2) is 0 Å². The van der Waals surface area contributed by atoms with E-state index in [1.54, 1.807) is 0 Å². The van der Waals surface area contributed by atoms with Crippen LogP contribution >= 0.6 is 11.3 Å². The maximum atomic E-state index is 11.4. The average molecular weight is 198 g/mol. The van der Waals surface area contributed by atoms with Crippen molar-refractivity contribution < 1.29 is 4.79 Å². The van der Waals surface area contributed by atoms with Gasteiger partial charge in [-0.1, -0.05) is 0 Å². The van der Waals surface area contributed by atoms with Crippen molar-refractivity contribution in [3.8, 4) is 0 Å². The molecule has 0 radical (unpaired) electrons. The Bertz CT molecular complexity index is 283. The summed E-state index contributed by atoms with van der Waals surface area (Å²) in [6, 6.07) is 3.79. The van der Waals surface area contributed by atoms with E-state index in [0.717, 1.165) is 16.2 Å². The Morgan fingerprint density at radius 3 is 2.92 bits per heavy atom. The molecule has 0 fully saturated rings. The van der Waals surface area contributed by atoms with Crippen molar-refractivity contribution in [3.63, 3.8) is 0 Å². The number of hydrogen-bond acceptors (Lipinski definition) is 3. The number of hydrogen-bond donors (Lipinski definition) is 2. The van der Waals surface area contributed by atoms with Gasteiger partial charge in [-0.25, -0.2) is 0 Å². The number of carbonyl (C=O) groups is 1. The Morgan fingerprint density at radius 1 is 1.62 bits per heavy atom. The van der Waals surface area contributed by atoms with Crippen LogP contribution in [0.3, 0.4) is 0 Å². The second-order valence-electron chi connectivity index (χ2n) is 2.81. The number of rotatable bonds is 4. The topological polar surface area (TPSA) is 55.1 Å². The molecule has 0 unspecified atom stereocenters. The maximum absolute atomic E-state index is 11.4. The van der Waals surface area contributed by atoms with Crippen molar-refractivity contribution in [1.29, 1.82) is 0 Å². The Hall–Kier alpha value is -0.870. The monoisotopic (exact) mass is 198 g/mol. The summed E-state index contributed by atoms with van der Waals surface area (Å²) in [6.07, 6.45) is 0.829. The molecular formula is C9H14N2OS. The minimum Gasteiger partial charge on any atom is -0.351 e. The normalized spacial score (nSPS) is 10.0. The molecule has 0 bridgehead atoms. The minimum absolute atomic E-state index is 0.00606. The first-order chi connectivity index (χ1) is 6.24. The fourth-order valence-corrected chi connectivity index (χ4v) is 1.73. The van der Waals surface area contributed by atoms with E-state index in [-0.39, 0.29) is 5.91 Å². The van der Waals surface area contributed by atoms with Crippen molar-refractivity contribution in [2.24, 2.45) is 5.73 Å². The second kappa shape index (κ2) is 4.99. The zero-order valence-electron chi connectivity index (χ0n) is 7.67. The highest BCUT2D eigenvalue weighted by Crippen LogP contribution is 2.14. The lowest BCUT2D eigenvalue weighted by Crippen LogP contribution is -2.25. The lowest BCUT2D eigenvalue weighted by atomic mass is 10.4. The van der Waals surface area contributed by atoms with Gasteiger partial charge in [-0.2, -0.15) is 0 Å². The van der Waals surface area contributed by atoms with Crippen LogP contribution in [-0.4, -0.2) is 19.0 Å². The quantitative estimate of drug-likeness (QED) is 0.713. The van der Waals surface area contributed by atoms with Crippen LogP contribution in [0.2, 0.25) is 0 Å². The first kappa shape index (κ1) is 10.2. The molecule has 1 aromatic rings. The first-order valence-electron chi connectivity index (χ1n) is 4.28. The van der Waals surface area contributed by atoms with Gasteiger partial charge < -0.3 is 11.1 Å². The van der Waals surface area contributed by atoms with Crippen molar-refractivity contribution in [2.75, 3.05) is 13.1 Å². The Balaban J connectivity index is 2.40. The lowest BCUT2D eigenvalue weighted by Gasteiger charge is -2.00. The van der Waals surface area contributed by atoms with Crippen LogP contribution in [0.15, 0.2) is 12.1 Å². The smallest absolute Gasteiger partial charge is 0.261 e. The van der Waals surface area contributed by atoms with Crippen LogP contribution < -0.4 is 11.1 Å². The minimum atomic E-state index is 0.00606. The third-order valence-corrected chi connectivity index (χ3v) is 2.63. The van der Waals surface area contributed by atoms with Crippen molar-refractivity contribution in [2.45, 2.75) is 13.3 Å². The van der Waals surface area contributed by atoms with Gasteiger partial charge in [-0.15, -0.1) is 11.3 Å². The summed E-state index contributed by atoms with van der Waals surface area (Å²) in [7, 11) is 0. The van der Waals surface area contributed by atoms with E-state index in [1.165, 1.54) is 11.3 Å². The van der Waals surface area contributed by atoms with Crippen molar-refractivity contribution in [1.82, 2.24) is 5.32 Å². The highest BCUT2D eigenvalue weighted by Gasteiger charge is 2.05. The zero-order chi connectivity index (χ0) is 9.68. The predicted molar refractivity (Wildman–Crippen MR) is 55.1 cm³/mol. The molecule has 0 saturated heterocycles. The van der Waals surface area contributed by atoms with Gasteiger partial charge in [0.25, 0.3) is 5.91 Å². The van der Waals surface area contributed by atoms with Gasteiger partial charge in [-0.3, -0.25) is 4.79 Å². The number of amides is 1. The molecule has 0 aliphatic carbocycles. The summed E-state index contributed by atoms with van der Waals surface area (Å²) in [5.74, 6) is 0.00606. The van der Waals surface area contributed by atoms with Gasteiger partial charge in [-0.05, 0) is 32.0 Å². The molecule has 1 amide bonds. The Labute approximate surface area is 81.9 Å². The van der Waals surface area contributed by atoms with Crippen LogP contribution in [0.25, 0.3) is 0 Å². The van der Waals surface area contributed by atoms with E-state index in [4.69, 9.17) is 5.73 Å². The summed E-state index contributed by atoms with van der Waals surface area (Å²) in [4.78, 5) is 13.3. The van der Waals surface area contributed by atoms with Crippen molar-refractivity contribution >= 4 is 17.2 Å². The molecule has 0 atom stereocenters. The summed E-state index contributed by atoms with van der Waals surface area (Å²) < 4.78 is 0. The van der Waals surface area contributed by atoms with Crippen LogP contribution in [0, 0.1) is 6.92 Å². The molecule has 1 rings (SSSR count). The second-order valence-corrected chi connectivity index (χ2v) is 4.10. The molecule has 0 saturated carbocycles. The fourth-order valence-electron chi connectivity index (χ4n) is 0.948. The third kappa shape index (κ3) is 3.16. The van der Waals surface area contributed by atoms with E-state index in [1.807, 2.05) is 19.1 Å². The largest absolute Gasteiger partial charge is 0.351 e. The van der Waals surface area contributed by atoms with E-state index >= 15 is 0 Å². The fraction of sp³-hybridized carbons (Fsp3) is 0.444. The van der Waals surface area contributed by atoms with Gasteiger partial charge in [0.2, 0.25) is 0 Å². The molecule has 0 aliphatic rings. The highest BCUT2D eigenvalue weighted by atomic mass is 32.1. The van der Waals surface area contributed by atoms with Crippen LogP contribution in [0.5, 0.6) is 0 Å². The van der Waals surface area contributed by atoms with Crippen molar-refractivity contribution in [3.05, 3.63) is 21.9 Å². The molecular weight excluding hydrogens is 184 g/mol. The lowest BCUT2D eigenvalue weighted by molar-refractivity contribution is 0.0957. The molecule has 72 valence electrons. The SMILES string of the molecule is Cc1ccc(C(=O)NCCCN)s1. The summed E-state index contributed by atoms with van der Waals surface area (Å²) in [5, 5.41) is 2.80. The molecule has 0 spiro atoms. The number of thiophene rings is 1. The molecule has 1 heterocycles. The summed E-state index contributed by atoms with van der Waals surface area (Å²) in [6.45, 7) is 3.26. The maximum Gasteiger partial charge on any atom is 0.261 e. The Kier molecular flexibility index (Phi) is 3.92. The number of aryl methyl sites for hydroxylation is 1. The van der Waals surface area contributed by atoms with Gasteiger partial charge >= 0.3 is 0 Å². The number of carbonyl (C=O) groups excluding carboxylic acids is 1. The number of nitrogens with two attached hydrogens (primary N) is 1. The number of nitrogens with one attached hydrogen (secondary N) is 1. The van der Waals surface area contributed by atoms with E-state index < -0.39 is 0 Å². The van der Waals surface area contributed by atoms with Crippen LogP contribution in [0.1, 0.15) is 21.0 Å². The highest BCUT2D eigenvalue weighted by molar-refractivity contribution is 7.13. The predicted octanol–water partition coefficient (Wildman–Crippen LogP) is 1.14. The molecule has 0 aliphatic heterocycles. The standard InChI is InChI=1S/C9H14N2OS/c1-7-3-4-8(13-7)9(12)11-6-2-5-10/h3-4H,2,5-6,10H2,1H3,(H,11,12). The molecule has 3 nitrogen and oxygen atoms in total. The van der Waals surface area contributed by atoms with Gasteiger partial charge in [0.1, 0.15) is 0 Å². The zero-order valence-corrected chi connectivity index (χ0v) is 8.49. The first-order valence-corrected chi connectivity index (χ1v) is 5.10. The molecule has 3 N–H and O–H groups in total. The average Bonchev–Trinajstić information content (AvgIpc) is 2.52. The van der Waals surface area contributed by atoms with E-state index in [9.17, 15) is 4.79 Å². The molecule has 4 heteroatoms. The summed E-state index contributed by atoms with van der Waals surface area (Å²) >= 11 is 1.51. The Morgan fingerprint density at radius 2 is 2.38 bits per heavy atom. The molecule has 0 aromatic carbocycles. The van der Waals surface area contributed by atoms with Crippen LogP contribution in [-0.2, 0) is 0 Å². The van der Waals surface area contributed by atoms with Gasteiger partial charge in [0, 0.05) is 11.4 Å². The van der Waals surface area contributed by atoms with E-state index in [2.05, 4.69) is 5.32 Å². The van der Waals surface area contributed by atoms with Crippen LogP contribution in [0.4, 0.5) is 0 Å². The van der Waals surface area contributed by atoms with E-state index in [0.29, 0.717) is 13.1 Å². The molecule has 1 aromatic heterocycles. The van der Waals surface area contributed by atoms with Gasteiger partial charge in [0.05, 0.1) is 4.88 Å². The third-order valence-electron chi connectivity index (χ3n) is 1.63. The summed E-state index contributed by atoms with van der Waals surface area (Å²) in [5.41, 5.74) is 5.31.